The van der Waals surface area contributed by atoms with Gasteiger partial charge in [-0.05, 0) is 79.3 Å². The Morgan fingerprint density at radius 1 is 1.27 bits per heavy atom. The van der Waals surface area contributed by atoms with Gasteiger partial charge in [-0.3, -0.25) is 9.59 Å². The number of hydrogen-bond donors (Lipinski definition) is 1. The van der Waals surface area contributed by atoms with Crippen molar-refractivity contribution in [3.63, 3.8) is 0 Å². The van der Waals surface area contributed by atoms with Gasteiger partial charge >= 0.3 is 0 Å². The van der Waals surface area contributed by atoms with Gasteiger partial charge in [0.2, 0.25) is 11.8 Å². The summed E-state index contributed by atoms with van der Waals surface area (Å²) in [6.07, 6.45) is 4.13. The molecule has 0 radical (unpaired) electrons. The highest BCUT2D eigenvalue weighted by molar-refractivity contribution is 6.30. The van der Waals surface area contributed by atoms with Crippen LogP contribution in [0, 0.1) is 18.7 Å². The molecule has 0 saturated carbocycles. The molecule has 2 aromatic carbocycles. The fourth-order valence-electron chi connectivity index (χ4n) is 3.78. The molecule has 0 aromatic heterocycles. The van der Waals surface area contributed by atoms with Gasteiger partial charge in [0.25, 0.3) is 0 Å². The first-order valence-corrected chi connectivity index (χ1v) is 10.6. The summed E-state index contributed by atoms with van der Waals surface area (Å²) in [4.78, 5) is 26.8. The van der Waals surface area contributed by atoms with Gasteiger partial charge in [0, 0.05) is 23.8 Å². The fourth-order valence-corrected chi connectivity index (χ4v) is 3.95. The molecular weight excluding hydrogens is 403 g/mol. The molecule has 158 valence electrons. The number of benzene rings is 2. The molecule has 2 aromatic rings. The number of rotatable bonds is 7. The van der Waals surface area contributed by atoms with Crippen LogP contribution in [0.15, 0.2) is 48.5 Å². The lowest BCUT2D eigenvalue weighted by atomic mass is 9.97. The molecule has 4 nitrogen and oxygen atoms in total. The summed E-state index contributed by atoms with van der Waals surface area (Å²) in [6, 6.07) is 11.5. The highest BCUT2D eigenvalue weighted by Gasteiger charge is 2.37. The predicted molar refractivity (Wildman–Crippen MR) is 119 cm³/mol. The van der Waals surface area contributed by atoms with Crippen LogP contribution in [0.4, 0.5) is 10.1 Å². The van der Waals surface area contributed by atoms with Crippen molar-refractivity contribution in [2.24, 2.45) is 5.92 Å². The predicted octanol–water partition coefficient (Wildman–Crippen LogP) is 5.14. The number of allylic oxidation sites excluding steroid dienone is 1. The molecule has 30 heavy (non-hydrogen) atoms. The zero-order chi connectivity index (χ0) is 21.7. The van der Waals surface area contributed by atoms with E-state index in [1.165, 1.54) is 12.1 Å². The molecule has 1 unspecified atom stereocenters. The second kappa shape index (κ2) is 9.90. The van der Waals surface area contributed by atoms with Crippen LogP contribution in [-0.2, 0) is 9.59 Å². The van der Waals surface area contributed by atoms with Gasteiger partial charge in [0.05, 0.1) is 0 Å². The first-order chi connectivity index (χ1) is 14.4. The van der Waals surface area contributed by atoms with Gasteiger partial charge in [-0.1, -0.05) is 30.7 Å². The van der Waals surface area contributed by atoms with Crippen LogP contribution < -0.4 is 10.2 Å². The van der Waals surface area contributed by atoms with Crippen molar-refractivity contribution in [3.05, 3.63) is 70.5 Å². The lowest BCUT2D eigenvalue weighted by Crippen LogP contribution is -2.37. The second-order valence-electron chi connectivity index (χ2n) is 7.45. The minimum Gasteiger partial charge on any atom is -0.355 e. The smallest absolute Gasteiger partial charge is 0.239 e. The van der Waals surface area contributed by atoms with E-state index in [1.807, 2.05) is 25.1 Å². The number of amides is 2. The number of aryl methyl sites for hydroxylation is 1. The molecule has 2 amide bonds. The molecule has 1 atom stereocenters. The maximum Gasteiger partial charge on any atom is 0.239 e. The molecule has 0 aliphatic carbocycles. The van der Waals surface area contributed by atoms with Crippen LogP contribution in [0.3, 0.4) is 0 Å². The van der Waals surface area contributed by atoms with E-state index in [2.05, 4.69) is 18.3 Å². The van der Waals surface area contributed by atoms with Gasteiger partial charge < -0.3 is 10.2 Å². The van der Waals surface area contributed by atoms with Crippen LogP contribution in [0.2, 0.25) is 5.02 Å². The van der Waals surface area contributed by atoms with E-state index >= 15 is 0 Å². The van der Waals surface area contributed by atoms with Crippen molar-refractivity contribution in [1.82, 2.24) is 5.32 Å². The van der Waals surface area contributed by atoms with Gasteiger partial charge in [-0.15, -0.1) is 0 Å². The zero-order valence-corrected chi connectivity index (χ0v) is 18.0. The number of nitrogens with zero attached hydrogens (tertiary/aromatic N) is 1. The molecule has 1 heterocycles. The number of nitrogens with one attached hydrogen (secondary N) is 1. The summed E-state index contributed by atoms with van der Waals surface area (Å²) >= 11 is 6.16. The van der Waals surface area contributed by atoms with Crippen molar-refractivity contribution in [1.29, 1.82) is 0 Å². The van der Waals surface area contributed by atoms with Crippen LogP contribution in [-0.4, -0.2) is 24.9 Å². The third kappa shape index (κ3) is 5.08. The molecule has 0 bridgehead atoms. The average molecular weight is 429 g/mol. The van der Waals surface area contributed by atoms with E-state index in [1.54, 1.807) is 17.0 Å². The number of carbonyl (C=O) groups excluding carboxylic acids is 2. The normalized spacial score (nSPS) is 16.8. The Kier molecular flexibility index (Phi) is 7.27. The van der Waals surface area contributed by atoms with E-state index < -0.39 is 5.92 Å². The monoisotopic (exact) mass is 428 g/mol. The molecule has 0 spiro atoms. The minimum absolute atomic E-state index is 0.242. The minimum atomic E-state index is -0.707. The van der Waals surface area contributed by atoms with Crippen molar-refractivity contribution < 1.29 is 14.0 Å². The van der Waals surface area contributed by atoms with Crippen molar-refractivity contribution in [2.75, 3.05) is 18.0 Å². The maximum atomic E-state index is 13.1. The van der Waals surface area contributed by atoms with Crippen molar-refractivity contribution in [2.45, 2.75) is 33.1 Å². The van der Waals surface area contributed by atoms with E-state index in [0.29, 0.717) is 36.6 Å². The SMILES string of the molecule is CC/C=C(/CCNC(=O)C1CCN(c2ccc(F)cc2)C1=O)c1cc(Cl)ccc1C. The average Bonchev–Trinajstić information content (AvgIpc) is 3.11. The quantitative estimate of drug-likeness (QED) is 0.621. The molecule has 1 aliphatic rings. The van der Waals surface area contributed by atoms with Gasteiger partial charge in [0.1, 0.15) is 11.7 Å². The third-order valence-corrected chi connectivity index (χ3v) is 5.59. The Morgan fingerprint density at radius 3 is 2.70 bits per heavy atom. The van der Waals surface area contributed by atoms with E-state index in [4.69, 9.17) is 11.6 Å². The summed E-state index contributed by atoms with van der Waals surface area (Å²) in [5.41, 5.74) is 3.95. The largest absolute Gasteiger partial charge is 0.355 e. The summed E-state index contributed by atoms with van der Waals surface area (Å²) in [5, 5.41) is 3.59. The van der Waals surface area contributed by atoms with Crippen molar-refractivity contribution >= 4 is 34.7 Å². The Hall–Kier alpha value is -2.66. The Balaban J connectivity index is 1.59. The van der Waals surface area contributed by atoms with Gasteiger partial charge in [-0.25, -0.2) is 4.39 Å². The van der Waals surface area contributed by atoms with Crippen molar-refractivity contribution in [3.8, 4) is 0 Å². The van der Waals surface area contributed by atoms with E-state index in [9.17, 15) is 14.0 Å². The highest BCUT2D eigenvalue weighted by atomic mass is 35.5. The number of anilines is 1. The topological polar surface area (TPSA) is 49.4 Å². The molecule has 6 heteroatoms. The zero-order valence-electron chi connectivity index (χ0n) is 17.3. The molecule has 1 fully saturated rings. The fraction of sp³-hybridized carbons (Fsp3) is 0.333. The molecule has 1 N–H and O–H groups in total. The Bertz CT molecular complexity index is 956. The summed E-state index contributed by atoms with van der Waals surface area (Å²) in [7, 11) is 0. The summed E-state index contributed by atoms with van der Waals surface area (Å²) in [5.74, 6) is -1.57. The highest BCUT2D eigenvalue weighted by Crippen LogP contribution is 2.27. The second-order valence-corrected chi connectivity index (χ2v) is 7.88. The molecule has 1 aliphatic heterocycles. The standard InChI is InChI=1S/C24H26ClFN2O2/c1-3-4-17(22-15-18(25)6-5-16(22)2)11-13-27-23(29)21-12-14-28(24(21)30)20-9-7-19(26)8-10-20/h4-10,15,21H,3,11-14H2,1-2H3,(H,27,29)/b17-4-. The van der Waals surface area contributed by atoms with Crippen LogP contribution in [0.5, 0.6) is 0 Å². The Morgan fingerprint density at radius 2 is 2.00 bits per heavy atom. The molecule has 3 rings (SSSR count). The van der Waals surface area contributed by atoms with Crippen LogP contribution in [0.25, 0.3) is 5.57 Å². The summed E-state index contributed by atoms with van der Waals surface area (Å²) in [6.45, 7) is 5.00. The maximum absolute atomic E-state index is 13.1. The summed E-state index contributed by atoms with van der Waals surface area (Å²) < 4.78 is 13.1. The van der Waals surface area contributed by atoms with E-state index in [0.717, 1.165) is 23.1 Å². The first kappa shape index (κ1) is 22.0. The van der Waals surface area contributed by atoms with Gasteiger partial charge in [-0.2, -0.15) is 0 Å². The molecular formula is C24H26ClFN2O2. The number of hydrogen-bond acceptors (Lipinski definition) is 2. The van der Waals surface area contributed by atoms with Gasteiger partial charge in [0.15, 0.2) is 0 Å². The first-order valence-electron chi connectivity index (χ1n) is 10.2. The lowest BCUT2D eigenvalue weighted by Gasteiger charge is -2.17. The molecule has 1 saturated heterocycles. The number of carbonyl (C=O) groups is 2. The van der Waals surface area contributed by atoms with Crippen LogP contribution >= 0.6 is 11.6 Å². The number of halogens is 2. The Labute approximate surface area is 181 Å². The third-order valence-electron chi connectivity index (χ3n) is 5.35. The van der Waals surface area contributed by atoms with Crippen LogP contribution in [0.1, 0.15) is 37.3 Å². The lowest BCUT2D eigenvalue weighted by molar-refractivity contribution is -0.132. The van der Waals surface area contributed by atoms with E-state index in [-0.39, 0.29) is 17.6 Å².